The standard InChI is InChI=1S/C10H20N2O/c1-9(2)6-8(13)12(5)10(3,4)7-11-9/h11H,6-7H2,1-5H3. The summed E-state index contributed by atoms with van der Waals surface area (Å²) in [6.07, 6.45) is 0.576. The minimum Gasteiger partial charge on any atom is -0.339 e. The van der Waals surface area contributed by atoms with Crippen molar-refractivity contribution in [3.05, 3.63) is 0 Å². The molecule has 0 saturated carbocycles. The van der Waals surface area contributed by atoms with Crippen LogP contribution in [0, 0.1) is 0 Å². The molecule has 0 aromatic carbocycles. The monoisotopic (exact) mass is 184 g/mol. The smallest absolute Gasteiger partial charge is 0.224 e. The molecule has 0 aliphatic carbocycles. The number of nitrogens with one attached hydrogen (secondary N) is 1. The van der Waals surface area contributed by atoms with Crippen LogP contribution in [0.2, 0.25) is 0 Å². The van der Waals surface area contributed by atoms with Gasteiger partial charge in [0.15, 0.2) is 0 Å². The van der Waals surface area contributed by atoms with Gasteiger partial charge < -0.3 is 10.2 Å². The van der Waals surface area contributed by atoms with E-state index in [9.17, 15) is 4.79 Å². The predicted molar refractivity (Wildman–Crippen MR) is 53.5 cm³/mol. The molecule has 1 amide bonds. The molecule has 0 radical (unpaired) electrons. The highest BCUT2D eigenvalue weighted by Crippen LogP contribution is 2.21. The quantitative estimate of drug-likeness (QED) is 0.609. The highest BCUT2D eigenvalue weighted by molar-refractivity contribution is 5.78. The first-order valence-electron chi connectivity index (χ1n) is 4.76. The molecule has 1 N–H and O–H groups in total. The minimum atomic E-state index is -0.0785. The molecule has 1 fully saturated rings. The minimum absolute atomic E-state index is 0.0703. The largest absolute Gasteiger partial charge is 0.339 e. The summed E-state index contributed by atoms with van der Waals surface area (Å²) in [6, 6.07) is 0. The van der Waals surface area contributed by atoms with Crippen molar-refractivity contribution < 1.29 is 4.79 Å². The number of likely N-dealkylation sites (N-methyl/N-ethyl adjacent to an activating group) is 1. The molecule has 13 heavy (non-hydrogen) atoms. The van der Waals surface area contributed by atoms with E-state index in [2.05, 4.69) is 33.0 Å². The van der Waals surface area contributed by atoms with Crippen molar-refractivity contribution in [2.45, 2.75) is 45.2 Å². The van der Waals surface area contributed by atoms with Gasteiger partial charge in [-0.15, -0.1) is 0 Å². The van der Waals surface area contributed by atoms with Crippen LogP contribution in [0.25, 0.3) is 0 Å². The van der Waals surface area contributed by atoms with Gasteiger partial charge in [0.1, 0.15) is 0 Å². The lowest BCUT2D eigenvalue weighted by Gasteiger charge is -2.33. The zero-order chi connectivity index (χ0) is 10.3. The average molecular weight is 184 g/mol. The van der Waals surface area contributed by atoms with Gasteiger partial charge in [0.25, 0.3) is 0 Å². The molecular formula is C10H20N2O. The normalized spacial score (nSPS) is 27.2. The Balaban J connectivity index is 2.87. The van der Waals surface area contributed by atoms with Crippen molar-refractivity contribution in [1.29, 1.82) is 0 Å². The molecule has 1 aliphatic heterocycles. The highest BCUT2D eigenvalue weighted by Gasteiger charge is 2.36. The summed E-state index contributed by atoms with van der Waals surface area (Å²) in [7, 11) is 1.88. The fourth-order valence-corrected chi connectivity index (χ4v) is 1.47. The summed E-state index contributed by atoms with van der Waals surface area (Å²) in [5.41, 5.74) is -0.149. The molecule has 1 rings (SSSR count). The summed E-state index contributed by atoms with van der Waals surface area (Å²) in [5, 5.41) is 3.41. The van der Waals surface area contributed by atoms with Gasteiger partial charge in [0.2, 0.25) is 5.91 Å². The molecule has 0 spiro atoms. The SMILES string of the molecule is CN1C(=O)CC(C)(C)NCC1(C)C. The third-order valence-electron chi connectivity index (χ3n) is 2.87. The number of hydrogen-bond acceptors (Lipinski definition) is 2. The van der Waals surface area contributed by atoms with Crippen molar-refractivity contribution in [1.82, 2.24) is 10.2 Å². The van der Waals surface area contributed by atoms with Crippen LogP contribution >= 0.6 is 0 Å². The molecule has 1 aliphatic rings. The Morgan fingerprint density at radius 1 is 1.31 bits per heavy atom. The molecular weight excluding hydrogens is 164 g/mol. The summed E-state index contributed by atoms with van der Waals surface area (Å²) in [5.74, 6) is 0.222. The third kappa shape index (κ3) is 2.21. The van der Waals surface area contributed by atoms with E-state index in [1.165, 1.54) is 0 Å². The molecule has 1 saturated heterocycles. The van der Waals surface area contributed by atoms with E-state index >= 15 is 0 Å². The van der Waals surface area contributed by atoms with Gasteiger partial charge in [0.05, 0.1) is 0 Å². The first kappa shape index (κ1) is 10.5. The van der Waals surface area contributed by atoms with Crippen LogP contribution in [0.1, 0.15) is 34.1 Å². The van der Waals surface area contributed by atoms with Crippen LogP contribution in [-0.2, 0) is 4.79 Å². The number of rotatable bonds is 0. The van der Waals surface area contributed by atoms with Gasteiger partial charge in [-0.2, -0.15) is 0 Å². The van der Waals surface area contributed by atoms with Crippen LogP contribution in [0.15, 0.2) is 0 Å². The molecule has 0 bridgehead atoms. The van der Waals surface area contributed by atoms with Gasteiger partial charge in [-0.1, -0.05) is 0 Å². The fourth-order valence-electron chi connectivity index (χ4n) is 1.47. The average Bonchev–Trinajstić information content (AvgIpc) is 2.03. The Morgan fingerprint density at radius 3 is 2.38 bits per heavy atom. The summed E-state index contributed by atoms with van der Waals surface area (Å²) < 4.78 is 0. The summed E-state index contributed by atoms with van der Waals surface area (Å²) in [6.45, 7) is 9.15. The number of amides is 1. The molecule has 3 nitrogen and oxygen atoms in total. The summed E-state index contributed by atoms with van der Waals surface area (Å²) >= 11 is 0. The molecule has 76 valence electrons. The first-order chi connectivity index (χ1) is 5.75. The van der Waals surface area contributed by atoms with E-state index in [1.54, 1.807) is 0 Å². The van der Waals surface area contributed by atoms with E-state index in [0.717, 1.165) is 6.54 Å². The van der Waals surface area contributed by atoms with Gasteiger partial charge in [-0.25, -0.2) is 0 Å². The second kappa shape index (κ2) is 2.98. The first-order valence-corrected chi connectivity index (χ1v) is 4.76. The maximum absolute atomic E-state index is 11.7. The lowest BCUT2D eigenvalue weighted by atomic mass is 10.0. The number of nitrogens with zero attached hydrogens (tertiary/aromatic N) is 1. The fraction of sp³-hybridized carbons (Fsp3) is 0.900. The van der Waals surface area contributed by atoms with Crippen molar-refractivity contribution in [3.8, 4) is 0 Å². The zero-order valence-corrected chi connectivity index (χ0v) is 9.27. The molecule has 0 unspecified atom stereocenters. The highest BCUT2D eigenvalue weighted by atomic mass is 16.2. The van der Waals surface area contributed by atoms with E-state index in [0.29, 0.717) is 6.42 Å². The van der Waals surface area contributed by atoms with Crippen LogP contribution in [0.4, 0.5) is 0 Å². The second-order valence-electron chi connectivity index (χ2n) is 5.18. The molecule has 0 aromatic rings. The van der Waals surface area contributed by atoms with Crippen molar-refractivity contribution in [3.63, 3.8) is 0 Å². The maximum atomic E-state index is 11.7. The van der Waals surface area contributed by atoms with Gasteiger partial charge in [0, 0.05) is 31.1 Å². The lowest BCUT2D eigenvalue weighted by molar-refractivity contribution is -0.133. The van der Waals surface area contributed by atoms with Crippen molar-refractivity contribution in [2.75, 3.05) is 13.6 Å². The van der Waals surface area contributed by atoms with E-state index in [-0.39, 0.29) is 17.0 Å². The molecule has 0 atom stereocenters. The number of hydrogen-bond donors (Lipinski definition) is 1. The molecule has 3 heteroatoms. The van der Waals surface area contributed by atoms with E-state index in [4.69, 9.17) is 0 Å². The third-order valence-corrected chi connectivity index (χ3v) is 2.87. The summed E-state index contributed by atoms with van der Waals surface area (Å²) in [4.78, 5) is 13.6. The molecule has 0 aromatic heterocycles. The Labute approximate surface area is 80.5 Å². The zero-order valence-electron chi connectivity index (χ0n) is 9.27. The van der Waals surface area contributed by atoms with Crippen LogP contribution in [-0.4, -0.2) is 35.5 Å². The predicted octanol–water partition coefficient (Wildman–Crippen LogP) is 0.995. The van der Waals surface area contributed by atoms with Crippen LogP contribution < -0.4 is 5.32 Å². The van der Waals surface area contributed by atoms with Crippen LogP contribution in [0.3, 0.4) is 0 Å². The van der Waals surface area contributed by atoms with Crippen LogP contribution in [0.5, 0.6) is 0 Å². The van der Waals surface area contributed by atoms with Gasteiger partial charge in [-0.05, 0) is 27.7 Å². The van der Waals surface area contributed by atoms with E-state index in [1.807, 2.05) is 11.9 Å². The maximum Gasteiger partial charge on any atom is 0.224 e. The number of carbonyl (C=O) groups excluding carboxylic acids is 1. The number of carbonyl (C=O) groups is 1. The Morgan fingerprint density at radius 2 is 1.85 bits per heavy atom. The van der Waals surface area contributed by atoms with Gasteiger partial charge >= 0.3 is 0 Å². The van der Waals surface area contributed by atoms with E-state index < -0.39 is 0 Å². The topological polar surface area (TPSA) is 32.3 Å². The van der Waals surface area contributed by atoms with Gasteiger partial charge in [-0.3, -0.25) is 4.79 Å². The Bertz CT molecular complexity index is 221. The lowest BCUT2D eigenvalue weighted by Crippen LogP contribution is -2.49. The second-order valence-corrected chi connectivity index (χ2v) is 5.18. The van der Waals surface area contributed by atoms with Crippen molar-refractivity contribution >= 4 is 5.91 Å². The Kier molecular flexibility index (Phi) is 2.41. The van der Waals surface area contributed by atoms with Crippen molar-refractivity contribution in [2.24, 2.45) is 0 Å². The Hall–Kier alpha value is -0.570. The molecule has 1 heterocycles.